The average molecular weight is 275 g/mol. The number of rotatable bonds is 6. The normalized spacial score (nSPS) is 12.2. The third-order valence-corrected chi connectivity index (χ3v) is 2.94. The molecule has 1 heterocycles. The summed E-state index contributed by atoms with van der Waals surface area (Å²) in [6.45, 7) is 5.01. The second kappa shape index (κ2) is 6.96. The number of hydrogen-bond acceptors (Lipinski definition) is 4. The molecule has 0 fully saturated rings. The van der Waals surface area contributed by atoms with Crippen LogP contribution < -0.4 is 10.1 Å². The van der Waals surface area contributed by atoms with Gasteiger partial charge in [0.05, 0.1) is 0 Å². The number of ether oxygens (including phenoxy) is 1. The number of hydrogen-bond donors (Lipinski definition) is 1. The topological polar surface area (TPSA) is 47.0 Å². The molecule has 2 rings (SSSR count). The van der Waals surface area contributed by atoms with E-state index in [2.05, 4.69) is 15.3 Å². The predicted molar refractivity (Wildman–Crippen MR) is 74.9 cm³/mol. The van der Waals surface area contributed by atoms with Gasteiger partial charge in [-0.1, -0.05) is 13.0 Å². The van der Waals surface area contributed by atoms with Gasteiger partial charge in [0.2, 0.25) is 0 Å². The molecule has 0 saturated carbocycles. The Labute approximate surface area is 118 Å². The van der Waals surface area contributed by atoms with E-state index in [4.69, 9.17) is 4.74 Å². The summed E-state index contributed by atoms with van der Waals surface area (Å²) in [4.78, 5) is 8.05. The Morgan fingerprint density at radius 3 is 2.70 bits per heavy atom. The third-order valence-electron chi connectivity index (χ3n) is 2.94. The average Bonchev–Trinajstić information content (AvgIpc) is 2.47. The lowest BCUT2D eigenvalue weighted by Crippen LogP contribution is -2.17. The van der Waals surface area contributed by atoms with Crippen LogP contribution in [0, 0.1) is 5.82 Å². The zero-order valence-electron chi connectivity index (χ0n) is 11.6. The molecule has 0 aliphatic heterocycles. The fraction of sp³-hybridized carbons (Fsp3) is 0.333. The van der Waals surface area contributed by atoms with Gasteiger partial charge in [-0.25, -0.2) is 14.4 Å². The molecule has 1 aromatic heterocycles. The van der Waals surface area contributed by atoms with Crippen molar-refractivity contribution in [2.24, 2.45) is 0 Å². The Bertz CT molecular complexity index is 548. The highest BCUT2D eigenvalue weighted by Crippen LogP contribution is 2.22. The SMILES string of the molecule is CCNC(C)c1ccc(OCc2ncccn2)c(F)c1. The summed E-state index contributed by atoms with van der Waals surface area (Å²) in [6, 6.07) is 6.83. The first-order chi connectivity index (χ1) is 9.70. The van der Waals surface area contributed by atoms with Crippen molar-refractivity contribution in [2.45, 2.75) is 26.5 Å². The zero-order chi connectivity index (χ0) is 14.4. The Morgan fingerprint density at radius 2 is 2.05 bits per heavy atom. The van der Waals surface area contributed by atoms with Crippen LogP contribution in [-0.4, -0.2) is 16.5 Å². The van der Waals surface area contributed by atoms with Crippen LogP contribution in [0.5, 0.6) is 5.75 Å². The monoisotopic (exact) mass is 275 g/mol. The summed E-state index contributed by atoms with van der Waals surface area (Å²) in [5, 5.41) is 3.24. The van der Waals surface area contributed by atoms with Gasteiger partial charge in [-0.3, -0.25) is 0 Å². The molecule has 1 aromatic carbocycles. The van der Waals surface area contributed by atoms with E-state index in [1.165, 1.54) is 6.07 Å². The van der Waals surface area contributed by atoms with Crippen LogP contribution in [0.3, 0.4) is 0 Å². The molecular weight excluding hydrogens is 257 g/mol. The molecule has 0 aliphatic carbocycles. The lowest BCUT2D eigenvalue weighted by atomic mass is 10.1. The largest absolute Gasteiger partial charge is 0.483 e. The van der Waals surface area contributed by atoms with Gasteiger partial charge in [-0.15, -0.1) is 0 Å². The van der Waals surface area contributed by atoms with Gasteiger partial charge in [0, 0.05) is 18.4 Å². The number of nitrogens with one attached hydrogen (secondary N) is 1. The zero-order valence-corrected chi connectivity index (χ0v) is 11.6. The van der Waals surface area contributed by atoms with Crippen molar-refractivity contribution in [1.82, 2.24) is 15.3 Å². The Kier molecular flexibility index (Phi) is 5.01. The van der Waals surface area contributed by atoms with E-state index < -0.39 is 0 Å². The van der Waals surface area contributed by atoms with Crippen molar-refractivity contribution in [2.75, 3.05) is 6.54 Å². The van der Waals surface area contributed by atoms with Crippen LogP contribution in [0.25, 0.3) is 0 Å². The smallest absolute Gasteiger partial charge is 0.166 e. The third kappa shape index (κ3) is 3.74. The second-order valence-corrected chi connectivity index (χ2v) is 4.42. The minimum atomic E-state index is -0.372. The van der Waals surface area contributed by atoms with Gasteiger partial charge in [0.15, 0.2) is 17.4 Å². The maximum atomic E-state index is 14.0. The quantitative estimate of drug-likeness (QED) is 0.880. The summed E-state index contributed by atoms with van der Waals surface area (Å²) in [5.41, 5.74) is 0.896. The van der Waals surface area contributed by atoms with E-state index in [9.17, 15) is 4.39 Å². The van der Waals surface area contributed by atoms with E-state index in [1.54, 1.807) is 24.5 Å². The van der Waals surface area contributed by atoms with E-state index in [0.29, 0.717) is 5.82 Å². The van der Waals surface area contributed by atoms with Crippen LogP contribution in [0.1, 0.15) is 31.3 Å². The van der Waals surface area contributed by atoms with E-state index in [0.717, 1.165) is 12.1 Å². The highest BCUT2D eigenvalue weighted by molar-refractivity contribution is 5.31. The predicted octanol–water partition coefficient (Wildman–Crippen LogP) is 2.87. The van der Waals surface area contributed by atoms with Crippen molar-refractivity contribution >= 4 is 0 Å². The van der Waals surface area contributed by atoms with Crippen molar-refractivity contribution in [3.63, 3.8) is 0 Å². The molecule has 0 bridgehead atoms. The summed E-state index contributed by atoms with van der Waals surface area (Å²) in [6.07, 6.45) is 3.26. The van der Waals surface area contributed by atoms with Crippen molar-refractivity contribution in [1.29, 1.82) is 0 Å². The molecule has 0 spiro atoms. The van der Waals surface area contributed by atoms with E-state index in [1.807, 2.05) is 19.9 Å². The first kappa shape index (κ1) is 14.4. The summed E-state index contributed by atoms with van der Waals surface area (Å²) in [5.74, 6) is 0.366. The van der Waals surface area contributed by atoms with Crippen molar-refractivity contribution in [3.8, 4) is 5.75 Å². The molecule has 5 heteroatoms. The molecule has 20 heavy (non-hydrogen) atoms. The summed E-state index contributed by atoms with van der Waals surface area (Å²) < 4.78 is 19.4. The Hall–Kier alpha value is -2.01. The fourth-order valence-electron chi connectivity index (χ4n) is 1.87. The molecule has 2 aromatic rings. The summed E-state index contributed by atoms with van der Waals surface area (Å²) >= 11 is 0. The maximum absolute atomic E-state index is 14.0. The van der Waals surface area contributed by atoms with Crippen LogP contribution >= 0.6 is 0 Å². The minimum Gasteiger partial charge on any atom is -0.483 e. The number of benzene rings is 1. The molecule has 0 saturated heterocycles. The fourth-order valence-corrected chi connectivity index (χ4v) is 1.87. The van der Waals surface area contributed by atoms with Gasteiger partial charge in [0.25, 0.3) is 0 Å². The van der Waals surface area contributed by atoms with Gasteiger partial charge in [0.1, 0.15) is 6.61 Å². The first-order valence-corrected chi connectivity index (χ1v) is 6.62. The number of halogens is 1. The van der Waals surface area contributed by atoms with Gasteiger partial charge >= 0.3 is 0 Å². The van der Waals surface area contributed by atoms with Gasteiger partial charge in [-0.2, -0.15) is 0 Å². The molecule has 0 amide bonds. The molecule has 1 atom stereocenters. The van der Waals surface area contributed by atoms with Gasteiger partial charge < -0.3 is 10.1 Å². The molecular formula is C15H18FN3O. The maximum Gasteiger partial charge on any atom is 0.166 e. The first-order valence-electron chi connectivity index (χ1n) is 6.62. The molecule has 0 aliphatic rings. The van der Waals surface area contributed by atoms with Crippen LogP contribution in [0.2, 0.25) is 0 Å². The minimum absolute atomic E-state index is 0.112. The highest BCUT2D eigenvalue weighted by atomic mass is 19.1. The van der Waals surface area contributed by atoms with Crippen molar-refractivity contribution in [3.05, 3.63) is 53.9 Å². The van der Waals surface area contributed by atoms with Crippen molar-refractivity contribution < 1.29 is 9.13 Å². The highest BCUT2D eigenvalue weighted by Gasteiger charge is 2.09. The Balaban J connectivity index is 2.02. The van der Waals surface area contributed by atoms with Gasteiger partial charge in [-0.05, 0) is 37.2 Å². The van der Waals surface area contributed by atoms with E-state index in [-0.39, 0.29) is 24.2 Å². The Morgan fingerprint density at radius 1 is 1.30 bits per heavy atom. The lowest BCUT2D eigenvalue weighted by Gasteiger charge is -2.14. The number of nitrogens with zero attached hydrogens (tertiary/aromatic N) is 2. The molecule has 1 N–H and O–H groups in total. The van der Waals surface area contributed by atoms with Crippen LogP contribution in [0.4, 0.5) is 4.39 Å². The van der Waals surface area contributed by atoms with Crippen LogP contribution in [-0.2, 0) is 6.61 Å². The molecule has 0 radical (unpaired) electrons. The number of aromatic nitrogens is 2. The molecule has 1 unspecified atom stereocenters. The molecule has 4 nitrogen and oxygen atoms in total. The lowest BCUT2D eigenvalue weighted by molar-refractivity contribution is 0.280. The van der Waals surface area contributed by atoms with E-state index >= 15 is 0 Å². The summed E-state index contributed by atoms with van der Waals surface area (Å²) in [7, 11) is 0. The molecule has 106 valence electrons. The standard InChI is InChI=1S/C15H18FN3O/c1-3-17-11(2)12-5-6-14(13(16)9-12)20-10-15-18-7-4-8-19-15/h4-9,11,17H,3,10H2,1-2H3. The van der Waals surface area contributed by atoms with Crippen LogP contribution in [0.15, 0.2) is 36.7 Å². The second-order valence-electron chi connectivity index (χ2n) is 4.42.